The summed E-state index contributed by atoms with van der Waals surface area (Å²) in [7, 11) is 1.66. The fourth-order valence-corrected chi connectivity index (χ4v) is 3.34. The highest BCUT2D eigenvalue weighted by Gasteiger charge is 2.22. The molecule has 6 heteroatoms. The number of hydrogen-bond acceptors (Lipinski definition) is 6. The highest BCUT2D eigenvalue weighted by Crippen LogP contribution is 2.33. The lowest BCUT2D eigenvalue weighted by Crippen LogP contribution is -2.27. The van der Waals surface area contributed by atoms with Crippen LogP contribution in [0.3, 0.4) is 0 Å². The van der Waals surface area contributed by atoms with Gasteiger partial charge >= 0.3 is 0 Å². The molecule has 0 aliphatic heterocycles. The van der Waals surface area contributed by atoms with E-state index < -0.39 is 0 Å². The maximum absolute atomic E-state index is 5.46. The molecule has 1 aliphatic carbocycles. The molecule has 0 bridgehead atoms. The molecule has 1 aromatic heterocycles. The number of hydrogen-bond donors (Lipinski definition) is 2. The molecule has 0 unspecified atom stereocenters. The number of rotatable bonds is 6. The average molecular weight is 296 g/mol. The van der Waals surface area contributed by atoms with Crippen molar-refractivity contribution in [2.75, 3.05) is 30.5 Å². The summed E-state index contributed by atoms with van der Waals surface area (Å²) in [4.78, 5) is 8.56. The van der Waals surface area contributed by atoms with Crippen molar-refractivity contribution in [1.29, 1.82) is 0 Å². The van der Waals surface area contributed by atoms with Gasteiger partial charge < -0.3 is 15.4 Å². The lowest BCUT2D eigenvalue weighted by molar-refractivity contribution is 0.411. The Kier molecular flexibility index (Phi) is 5.76. The number of thioether (sulfide) groups is 1. The molecule has 1 fully saturated rings. The molecule has 1 heterocycles. The van der Waals surface area contributed by atoms with E-state index in [9.17, 15) is 0 Å². The molecule has 5 nitrogen and oxygen atoms in total. The van der Waals surface area contributed by atoms with Gasteiger partial charge in [0.15, 0.2) is 11.6 Å². The van der Waals surface area contributed by atoms with Crippen molar-refractivity contribution >= 4 is 23.4 Å². The summed E-state index contributed by atoms with van der Waals surface area (Å²) in [6.07, 6.45) is 8.70. The van der Waals surface area contributed by atoms with E-state index in [1.54, 1.807) is 13.4 Å². The predicted octanol–water partition coefficient (Wildman–Crippen LogP) is 3.00. The lowest BCUT2D eigenvalue weighted by Gasteiger charge is -2.28. The number of nitrogens with zero attached hydrogens (tertiary/aromatic N) is 2. The van der Waals surface area contributed by atoms with Crippen molar-refractivity contribution in [3.05, 3.63) is 6.33 Å². The first-order chi connectivity index (χ1) is 9.78. The van der Waals surface area contributed by atoms with Crippen molar-refractivity contribution in [3.8, 4) is 5.75 Å². The molecule has 20 heavy (non-hydrogen) atoms. The van der Waals surface area contributed by atoms with Crippen LogP contribution >= 0.6 is 11.8 Å². The van der Waals surface area contributed by atoms with Crippen LogP contribution in [0.5, 0.6) is 5.75 Å². The largest absolute Gasteiger partial charge is 0.490 e. The second kappa shape index (κ2) is 7.57. The smallest absolute Gasteiger partial charge is 0.204 e. The Morgan fingerprint density at radius 1 is 1.25 bits per heavy atom. The Hall–Kier alpha value is -1.17. The van der Waals surface area contributed by atoms with Crippen LogP contribution in [-0.2, 0) is 0 Å². The summed E-state index contributed by atoms with van der Waals surface area (Å²) < 4.78 is 5.46. The molecule has 1 aromatic rings. The van der Waals surface area contributed by atoms with E-state index in [1.165, 1.54) is 25.7 Å². The third kappa shape index (κ3) is 3.69. The molecule has 0 aromatic carbocycles. The minimum Gasteiger partial charge on any atom is -0.490 e. The Morgan fingerprint density at radius 2 is 1.95 bits per heavy atom. The van der Waals surface area contributed by atoms with Crippen LogP contribution in [0.15, 0.2) is 6.33 Å². The Bertz CT molecular complexity index is 422. The lowest BCUT2D eigenvalue weighted by atomic mass is 9.95. The van der Waals surface area contributed by atoms with E-state index in [-0.39, 0.29) is 0 Å². The molecule has 2 rings (SSSR count). The number of aromatic nitrogens is 2. The molecular formula is C14H24N4OS. The topological polar surface area (TPSA) is 59.1 Å². The Morgan fingerprint density at radius 3 is 2.55 bits per heavy atom. The normalized spacial score (nSPS) is 22.4. The van der Waals surface area contributed by atoms with Gasteiger partial charge in [0.1, 0.15) is 6.33 Å². The molecule has 112 valence electrons. The van der Waals surface area contributed by atoms with E-state index in [0.29, 0.717) is 11.8 Å². The van der Waals surface area contributed by atoms with Gasteiger partial charge in [-0.3, -0.25) is 0 Å². The van der Waals surface area contributed by atoms with Crippen LogP contribution < -0.4 is 15.4 Å². The van der Waals surface area contributed by atoms with Crippen LogP contribution in [0.1, 0.15) is 32.6 Å². The minimum absolute atomic E-state index is 0.483. The molecule has 1 aliphatic rings. The molecule has 0 atom stereocenters. The van der Waals surface area contributed by atoms with Gasteiger partial charge in [0.2, 0.25) is 5.75 Å². The minimum atomic E-state index is 0.483. The molecule has 0 spiro atoms. The SMILES string of the molecule is CCNc1ncnc(NC2CCC(SC)CC2)c1OC. The fourth-order valence-electron chi connectivity index (χ4n) is 2.60. The second-order valence-electron chi connectivity index (χ2n) is 4.99. The van der Waals surface area contributed by atoms with Gasteiger partial charge in [0.05, 0.1) is 7.11 Å². The number of anilines is 2. The highest BCUT2D eigenvalue weighted by molar-refractivity contribution is 7.99. The second-order valence-corrected chi connectivity index (χ2v) is 6.13. The average Bonchev–Trinajstić information content (AvgIpc) is 2.49. The Labute approximate surface area is 125 Å². The number of methoxy groups -OCH3 is 1. The zero-order valence-electron chi connectivity index (χ0n) is 12.5. The zero-order valence-corrected chi connectivity index (χ0v) is 13.3. The quantitative estimate of drug-likeness (QED) is 0.841. The van der Waals surface area contributed by atoms with Gasteiger partial charge in [-0.05, 0) is 38.9 Å². The van der Waals surface area contributed by atoms with Crippen LogP contribution in [0.4, 0.5) is 11.6 Å². The third-order valence-electron chi connectivity index (χ3n) is 3.70. The van der Waals surface area contributed by atoms with Crippen molar-refractivity contribution in [2.24, 2.45) is 0 Å². The fraction of sp³-hybridized carbons (Fsp3) is 0.714. The monoisotopic (exact) mass is 296 g/mol. The molecule has 1 saturated carbocycles. The standard InChI is InChI=1S/C14H24N4OS/c1-4-15-13-12(19-2)14(17-9-16-13)18-10-5-7-11(20-3)8-6-10/h9-11H,4-8H2,1-3H3,(H2,15,16,17,18). The van der Waals surface area contributed by atoms with Crippen LogP contribution in [-0.4, -0.2) is 41.2 Å². The predicted molar refractivity (Wildman–Crippen MR) is 85.9 cm³/mol. The first-order valence-corrected chi connectivity index (χ1v) is 8.49. The van der Waals surface area contributed by atoms with Gasteiger partial charge in [-0.15, -0.1) is 0 Å². The van der Waals surface area contributed by atoms with E-state index in [2.05, 4.69) is 26.9 Å². The third-order valence-corrected chi connectivity index (χ3v) is 4.84. The van der Waals surface area contributed by atoms with Crippen LogP contribution in [0, 0.1) is 0 Å². The summed E-state index contributed by atoms with van der Waals surface area (Å²) in [5.74, 6) is 2.26. The van der Waals surface area contributed by atoms with E-state index in [4.69, 9.17) is 4.74 Å². The number of ether oxygens (including phenoxy) is 1. The van der Waals surface area contributed by atoms with Gasteiger partial charge in [-0.1, -0.05) is 0 Å². The summed E-state index contributed by atoms with van der Waals surface area (Å²) in [6.45, 7) is 2.85. The highest BCUT2D eigenvalue weighted by atomic mass is 32.2. The van der Waals surface area contributed by atoms with Gasteiger partial charge in [-0.25, -0.2) is 9.97 Å². The van der Waals surface area contributed by atoms with Gasteiger partial charge in [-0.2, -0.15) is 11.8 Å². The maximum atomic E-state index is 5.46. The zero-order chi connectivity index (χ0) is 14.4. The van der Waals surface area contributed by atoms with Crippen molar-refractivity contribution < 1.29 is 4.74 Å². The number of nitrogens with one attached hydrogen (secondary N) is 2. The summed E-state index contributed by atoms with van der Waals surface area (Å²) in [5.41, 5.74) is 0. The molecular weight excluding hydrogens is 272 g/mol. The molecule has 0 radical (unpaired) electrons. The van der Waals surface area contributed by atoms with Crippen molar-refractivity contribution in [1.82, 2.24) is 9.97 Å². The van der Waals surface area contributed by atoms with E-state index in [1.807, 2.05) is 18.7 Å². The maximum Gasteiger partial charge on any atom is 0.204 e. The summed E-state index contributed by atoms with van der Waals surface area (Å²) in [6, 6.07) is 0.483. The van der Waals surface area contributed by atoms with Gasteiger partial charge in [0.25, 0.3) is 0 Å². The van der Waals surface area contributed by atoms with Crippen LogP contribution in [0.25, 0.3) is 0 Å². The van der Waals surface area contributed by atoms with Crippen LogP contribution in [0.2, 0.25) is 0 Å². The Balaban J connectivity index is 2.04. The summed E-state index contributed by atoms with van der Waals surface area (Å²) >= 11 is 1.98. The van der Waals surface area contributed by atoms with Gasteiger partial charge in [0, 0.05) is 17.8 Å². The van der Waals surface area contributed by atoms with Crippen molar-refractivity contribution in [2.45, 2.75) is 43.9 Å². The van der Waals surface area contributed by atoms with E-state index >= 15 is 0 Å². The first kappa shape index (κ1) is 15.2. The van der Waals surface area contributed by atoms with E-state index in [0.717, 1.165) is 23.4 Å². The molecule has 0 amide bonds. The van der Waals surface area contributed by atoms with Crippen molar-refractivity contribution in [3.63, 3.8) is 0 Å². The summed E-state index contributed by atoms with van der Waals surface area (Å²) in [5, 5.41) is 7.54. The molecule has 0 saturated heterocycles. The molecule has 2 N–H and O–H groups in total. The first-order valence-electron chi connectivity index (χ1n) is 7.20.